The lowest BCUT2D eigenvalue weighted by Crippen LogP contribution is -2.68. The van der Waals surface area contributed by atoms with Gasteiger partial charge in [-0.2, -0.15) is 0 Å². The Bertz CT molecular complexity index is 1170. The third-order valence-electron chi connectivity index (χ3n) is 7.75. The highest BCUT2D eigenvalue weighted by Gasteiger charge is 2.64. The monoisotopic (exact) mass is 548 g/mol. The van der Waals surface area contributed by atoms with Gasteiger partial charge >= 0.3 is 0 Å². The predicted molar refractivity (Wildman–Crippen MR) is 153 cm³/mol. The van der Waals surface area contributed by atoms with Gasteiger partial charge in [0.15, 0.2) is 12.1 Å². The van der Waals surface area contributed by atoms with Crippen molar-refractivity contribution in [2.24, 2.45) is 0 Å². The van der Waals surface area contributed by atoms with E-state index in [2.05, 4.69) is 69.3 Å². The van der Waals surface area contributed by atoms with Gasteiger partial charge in [0.1, 0.15) is 17.8 Å². The normalized spacial score (nSPS) is 26.5. The molecule has 0 radical (unpaired) electrons. The van der Waals surface area contributed by atoms with Crippen LogP contribution in [0, 0.1) is 0 Å². The summed E-state index contributed by atoms with van der Waals surface area (Å²) in [5, 5.41) is 13.0. The number of aliphatic hydroxyl groups excluding tert-OH is 1. The standard InChI is InChI=1S/C32H40O6Si/c1-30(2,3)39(25-17-11-7-12-18-25,26-19-13-8-14-20-26)35-23-32(22-33)28(34-21-24-15-9-6-10-16-24)27-29(38-32)37-31(4,5)36-27/h6-20,27-29,33H,21-23H2,1-5H3/t27-,28-,29+,32+/m1/s1. The van der Waals surface area contributed by atoms with Crippen molar-refractivity contribution in [1.82, 2.24) is 0 Å². The molecule has 4 atom stereocenters. The van der Waals surface area contributed by atoms with Crippen LogP contribution < -0.4 is 10.4 Å². The first-order valence-corrected chi connectivity index (χ1v) is 15.6. The highest BCUT2D eigenvalue weighted by molar-refractivity contribution is 6.99. The fourth-order valence-corrected chi connectivity index (χ4v) is 10.6. The fourth-order valence-electron chi connectivity index (χ4n) is 5.94. The highest BCUT2D eigenvalue weighted by Crippen LogP contribution is 2.45. The molecule has 0 spiro atoms. The Kier molecular flexibility index (Phi) is 7.87. The highest BCUT2D eigenvalue weighted by atomic mass is 28.4. The van der Waals surface area contributed by atoms with Crippen molar-refractivity contribution < 1.29 is 28.5 Å². The molecular formula is C32H40O6Si. The number of benzene rings is 3. The van der Waals surface area contributed by atoms with Crippen molar-refractivity contribution in [3.63, 3.8) is 0 Å². The summed E-state index contributed by atoms with van der Waals surface area (Å²) in [7, 11) is -2.89. The van der Waals surface area contributed by atoms with Crippen LogP contribution in [0.3, 0.4) is 0 Å². The van der Waals surface area contributed by atoms with Gasteiger partial charge in [-0.15, -0.1) is 0 Å². The summed E-state index contributed by atoms with van der Waals surface area (Å²) in [4.78, 5) is 0. The summed E-state index contributed by atoms with van der Waals surface area (Å²) in [5.41, 5.74) is -0.146. The summed E-state index contributed by atoms with van der Waals surface area (Å²) in [5.74, 6) is -0.815. The van der Waals surface area contributed by atoms with Crippen LogP contribution in [0.5, 0.6) is 0 Å². The molecule has 6 nitrogen and oxygen atoms in total. The van der Waals surface area contributed by atoms with Gasteiger partial charge < -0.3 is 28.5 Å². The number of fused-ring (bicyclic) bond motifs is 1. The molecule has 0 amide bonds. The Morgan fingerprint density at radius 2 is 1.33 bits per heavy atom. The van der Waals surface area contributed by atoms with Gasteiger partial charge in [-0.05, 0) is 34.8 Å². The fraction of sp³-hybridized carbons (Fsp3) is 0.438. The van der Waals surface area contributed by atoms with E-state index in [0.29, 0.717) is 6.61 Å². The van der Waals surface area contributed by atoms with Crippen LogP contribution in [0.1, 0.15) is 40.2 Å². The molecule has 2 aliphatic heterocycles. The van der Waals surface area contributed by atoms with E-state index in [0.717, 1.165) is 15.9 Å². The second-order valence-electron chi connectivity index (χ2n) is 12.0. The van der Waals surface area contributed by atoms with Gasteiger partial charge in [0.05, 0.1) is 19.8 Å². The third kappa shape index (κ3) is 5.37. The molecule has 3 aromatic carbocycles. The van der Waals surface area contributed by atoms with E-state index in [4.69, 9.17) is 23.4 Å². The molecule has 3 aromatic rings. The van der Waals surface area contributed by atoms with Crippen molar-refractivity contribution >= 4 is 18.7 Å². The summed E-state index contributed by atoms with van der Waals surface area (Å²) in [6.07, 6.45) is -1.78. The molecule has 0 unspecified atom stereocenters. The van der Waals surface area contributed by atoms with Crippen LogP contribution in [-0.2, 0) is 30.0 Å². The van der Waals surface area contributed by atoms with Crippen LogP contribution in [0.4, 0.5) is 0 Å². The first-order valence-electron chi connectivity index (χ1n) is 13.7. The Balaban J connectivity index is 1.52. The van der Waals surface area contributed by atoms with Gasteiger partial charge in [0.2, 0.25) is 0 Å². The maximum absolute atomic E-state index is 10.9. The van der Waals surface area contributed by atoms with E-state index < -0.39 is 38.2 Å². The number of rotatable bonds is 9. The third-order valence-corrected chi connectivity index (χ3v) is 12.7. The Hall–Kier alpha value is -2.36. The lowest BCUT2D eigenvalue weighted by molar-refractivity contribution is -0.257. The first kappa shape index (κ1) is 28.2. The molecule has 2 aliphatic rings. The number of hydrogen-bond acceptors (Lipinski definition) is 6. The van der Waals surface area contributed by atoms with E-state index in [9.17, 15) is 5.11 Å². The van der Waals surface area contributed by atoms with Gasteiger partial charge in [0, 0.05) is 0 Å². The topological polar surface area (TPSA) is 66.4 Å². The molecule has 7 heteroatoms. The summed E-state index contributed by atoms with van der Waals surface area (Å²) in [6.45, 7) is 10.6. The molecule has 1 N–H and O–H groups in total. The molecule has 5 rings (SSSR count). The zero-order valence-corrected chi connectivity index (χ0v) is 24.5. The molecule has 2 saturated heterocycles. The molecular weight excluding hydrogens is 508 g/mol. The van der Waals surface area contributed by atoms with Crippen LogP contribution in [0.15, 0.2) is 91.0 Å². The van der Waals surface area contributed by atoms with E-state index in [-0.39, 0.29) is 18.3 Å². The molecule has 2 heterocycles. The van der Waals surface area contributed by atoms with E-state index in [1.54, 1.807) is 0 Å². The second-order valence-corrected chi connectivity index (χ2v) is 16.3. The van der Waals surface area contributed by atoms with Crippen molar-refractivity contribution in [3.8, 4) is 0 Å². The first-order chi connectivity index (χ1) is 18.6. The Morgan fingerprint density at radius 3 is 1.85 bits per heavy atom. The van der Waals surface area contributed by atoms with Crippen LogP contribution in [0.2, 0.25) is 5.04 Å². The molecule has 0 aliphatic carbocycles. The second kappa shape index (κ2) is 10.9. The smallest absolute Gasteiger partial charge is 0.261 e. The average Bonchev–Trinajstić information content (AvgIpc) is 3.37. The van der Waals surface area contributed by atoms with Gasteiger partial charge in [-0.3, -0.25) is 0 Å². The van der Waals surface area contributed by atoms with E-state index in [1.807, 2.05) is 56.3 Å². The van der Waals surface area contributed by atoms with Crippen molar-refractivity contribution in [2.75, 3.05) is 13.2 Å². The zero-order valence-electron chi connectivity index (χ0n) is 23.5. The summed E-state index contributed by atoms with van der Waals surface area (Å²) in [6, 6.07) is 30.9. The number of hydrogen-bond donors (Lipinski definition) is 1. The minimum Gasteiger partial charge on any atom is -0.404 e. The zero-order chi connectivity index (χ0) is 27.7. The molecule has 39 heavy (non-hydrogen) atoms. The van der Waals surface area contributed by atoms with Gasteiger partial charge in [0.25, 0.3) is 8.32 Å². The maximum Gasteiger partial charge on any atom is 0.261 e. The largest absolute Gasteiger partial charge is 0.404 e. The Morgan fingerprint density at radius 1 is 0.795 bits per heavy atom. The van der Waals surface area contributed by atoms with Gasteiger partial charge in [-0.1, -0.05) is 112 Å². The van der Waals surface area contributed by atoms with Crippen molar-refractivity contribution in [2.45, 2.75) is 76.1 Å². The van der Waals surface area contributed by atoms with Crippen molar-refractivity contribution in [1.29, 1.82) is 0 Å². The van der Waals surface area contributed by atoms with Crippen LogP contribution in [0.25, 0.3) is 0 Å². The number of ether oxygens (including phenoxy) is 4. The predicted octanol–water partition coefficient (Wildman–Crippen LogP) is 4.39. The average molecular weight is 549 g/mol. The lowest BCUT2D eigenvalue weighted by atomic mass is 9.97. The quantitative estimate of drug-likeness (QED) is 0.400. The summed E-state index contributed by atoms with van der Waals surface area (Å²) >= 11 is 0. The Labute approximate surface area is 233 Å². The minimum absolute atomic E-state index is 0.121. The van der Waals surface area contributed by atoms with E-state index in [1.165, 1.54) is 0 Å². The molecule has 208 valence electrons. The van der Waals surface area contributed by atoms with Crippen LogP contribution in [-0.4, -0.2) is 56.5 Å². The molecule has 0 bridgehead atoms. The SMILES string of the molecule is CC1(C)O[C@H]2O[C@@](CO)(CO[Si](c3ccccc3)(c3ccccc3)C(C)(C)C)[C@H](OCc3ccccc3)[C@H]2O1. The molecule has 2 fully saturated rings. The van der Waals surface area contributed by atoms with Crippen LogP contribution >= 0.6 is 0 Å². The minimum atomic E-state index is -2.89. The molecule has 0 saturated carbocycles. The lowest BCUT2D eigenvalue weighted by Gasteiger charge is -2.45. The van der Waals surface area contributed by atoms with Crippen molar-refractivity contribution in [3.05, 3.63) is 96.6 Å². The molecule has 0 aromatic heterocycles. The van der Waals surface area contributed by atoms with Gasteiger partial charge in [-0.25, -0.2) is 0 Å². The summed E-state index contributed by atoms with van der Waals surface area (Å²) < 4.78 is 32.6. The maximum atomic E-state index is 10.9. The van der Waals surface area contributed by atoms with E-state index >= 15 is 0 Å². The number of aliphatic hydroxyl groups is 1.